The Balaban J connectivity index is 1.63. The van der Waals surface area contributed by atoms with E-state index in [4.69, 9.17) is 11.6 Å². The van der Waals surface area contributed by atoms with E-state index in [1.807, 2.05) is 32.0 Å². The number of halogens is 1. The lowest BCUT2D eigenvalue weighted by molar-refractivity contribution is -0.117. The van der Waals surface area contributed by atoms with E-state index in [9.17, 15) is 9.59 Å². The van der Waals surface area contributed by atoms with Gasteiger partial charge in [-0.25, -0.2) is 4.79 Å². The van der Waals surface area contributed by atoms with E-state index in [2.05, 4.69) is 10.6 Å². The highest BCUT2D eigenvalue weighted by Crippen LogP contribution is 2.24. The van der Waals surface area contributed by atoms with Gasteiger partial charge in [0.1, 0.15) is 0 Å². The first-order valence-corrected chi connectivity index (χ1v) is 8.51. The van der Waals surface area contributed by atoms with E-state index in [0.717, 1.165) is 11.3 Å². The van der Waals surface area contributed by atoms with Crippen molar-refractivity contribution in [3.63, 3.8) is 0 Å². The second kappa shape index (κ2) is 7.15. The van der Waals surface area contributed by atoms with E-state index >= 15 is 0 Å². The highest BCUT2D eigenvalue weighted by molar-refractivity contribution is 6.33. The van der Waals surface area contributed by atoms with Crippen LogP contribution in [0.25, 0.3) is 0 Å². The summed E-state index contributed by atoms with van der Waals surface area (Å²) in [6.07, 6.45) is 0.281. The van der Waals surface area contributed by atoms with Crippen molar-refractivity contribution in [2.75, 3.05) is 16.8 Å². The van der Waals surface area contributed by atoms with Crippen LogP contribution in [0.3, 0.4) is 0 Å². The zero-order chi connectivity index (χ0) is 18.0. The number of carbonyl (C=O) groups is 2. The third kappa shape index (κ3) is 3.94. The number of aryl methyl sites for hydroxylation is 2. The summed E-state index contributed by atoms with van der Waals surface area (Å²) in [7, 11) is 0. The summed E-state index contributed by atoms with van der Waals surface area (Å²) in [4.78, 5) is 26.2. The number of carbonyl (C=O) groups excluding carboxylic acids is 2. The smallest absolute Gasteiger partial charge is 0.319 e. The Morgan fingerprint density at radius 2 is 1.92 bits per heavy atom. The van der Waals surface area contributed by atoms with Gasteiger partial charge in [-0.2, -0.15) is 0 Å². The average Bonchev–Trinajstić information content (AvgIpc) is 2.92. The molecule has 1 aliphatic heterocycles. The average molecular weight is 358 g/mol. The summed E-state index contributed by atoms with van der Waals surface area (Å²) < 4.78 is 0. The number of amides is 3. The lowest BCUT2D eigenvalue weighted by Gasteiger charge is -2.18. The Bertz CT molecular complexity index is 822. The number of benzene rings is 2. The quantitative estimate of drug-likeness (QED) is 0.875. The van der Waals surface area contributed by atoms with Crippen LogP contribution in [-0.2, 0) is 4.79 Å². The lowest BCUT2D eigenvalue weighted by Crippen LogP contribution is -2.39. The van der Waals surface area contributed by atoms with Crippen LogP contribution in [-0.4, -0.2) is 24.5 Å². The van der Waals surface area contributed by atoms with Crippen LogP contribution < -0.4 is 15.5 Å². The predicted molar refractivity (Wildman–Crippen MR) is 100 cm³/mol. The molecule has 0 saturated carbocycles. The summed E-state index contributed by atoms with van der Waals surface area (Å²) in [6.45, 7) is 4.51. The molecule has 3 amide bonds. The molecule has 2 aromatic carbocycles. The molecule has 0 bridgehead atoms. The Morgan fingerprint density at radius 3 is 2.64 bits per heavy atom. The maximum Gasteiger partial charge on any atom is 0.319 e. The van der Waals surface area contributed by atoms with Gasteiger partial charge in [-0.05, 0) is 49.2 Å². The molecule has 6 heteroatoms. The van der Waals surface area contributed by atoms with Crippen LogP contribution in [0.5, 0.6) is 0 Å². The molecule has 0 aliphatic carbocycles. The number of hydrogen-bond donors (Lipinski definition) is 2. The highest BCUT2D eigenvalue weighted by atomic mass is 35.5. The van der Waals surface area contributed by atoms with Crippen molar-refractivity contribution < 1.29 is 9.59 Å². The molecule has 5 nitrogen and oxygen atoms in total. The van der Waals surface area contributed by atoms with Gasteiger partial charge in [0.15, 0.2) is 0 Å². The molecule has 0 aromatic heterocycles. The van der Waals surface area contributed by atoms with E-state index < -0.39 is 0 Å². The molecule has 0 radical (unpaired) electrons. The third-order valence-electron chi connectivity index (χ3n) is 4.38. The standard InChI is InChI=1S/C19H20ClN3O2/c1-12-7-8-15(9-13(12)2)23-11-14(10-18(23)24)21-19(25)22-17-6-4-3-5-16(17)20/h3-9,14H,10-11H2,1-2H3,(H2,21,22,25)/t14-/m0/s1. The summed E-state index contributed by atoms with van der Waals surface area (Å²) in [5.74, 6) is 0.00583. The number of rotatable bonds is 3. The van der Waals surface area contributed by atoms with Crippen molar-refractivity contribution in [2.45, 2.75) is 26.3 Å². The van der Waals surface area contributed by atoms with Crippen molar-refractivity contribution in [1.29, 1.82) is 0 Å². The van der Waals surface area contributed by atoms with Gasteiger partial charge in [0.2, 0.25) is 5.91 Å². The summed E-state index contributed by atoms with van der Waals surface area (Å²) in [5, 5.41) is 6.02. The first-order valence-electron chi connectivity index (χ1n) is 8.13. The molecule has 1 atom stereocenters. The van der Waals surface area contributed by atoms with Crippen LogP contribution in [0.1, 0.15) is 17.5 Å². The minimum atomic E-state index is -0.368. The van der Waals surface area contributed by atoms with Crippen molar-refractivity contribution in [3.05, 3.63) is 58.6 Å². The predicted octanol–water partition coefficient (Wildman–Crippen LogP) is 3.88. The molecule has 2 aromatic rings. The van der Waals surface area contributed by atoms with E-state index in [1.165, 1.54) is 5.56 Å². The molecule has 1 saturated heterocycles. The molecular weight excluding hydrogens is 338 g/mol. The van der Waals surface area contributed by atoms with Crippen LogP contribution >= 0.6 is 11.6 Å². The van der Waals surface area contributed by atoms with E-state index in [1.54, 1.807) is 29.2 Å². The van der Waals surface area contributed by atoms with E-state index in [-0.39, 0.29) is 24.4 Å². The Hall–Kier alpha value is -2.53. The second-order valence-electron chi connectivity index (χ2n) is 6.25. The fourth-order valence-electron chi connectivity index (χ4n) is 2.85. The van der Waals surface area contributed by atoms with Gasteiger partial charge < -0.3 is 15.5 Å². The van der Waals surface area contributed by atoms with E-state index in [0.29, 0.717) is 17.3 Å². The molecule has 25 heavy (non-hydrogen) atoms. The number of nitrogens with zero attached hydrogens (tertiary/aromatic N) is 1. The zero-order valence-corrected chi connectivity index (χ0v) is 14.9. The maximum absolute atomic E-state index is 12.3. The summed E-state index contributed by atoms with van der Waals surface area (Å²) in [5.41, 5.74) is 3.73. The monoisotopic (exact) mass is 357 g/mol. The highest BCUT2D eigenvalue weighted by Gasteiger charge is 2.31. The molecule has 0 unspecified atom stereocenters. The second-order valence-corrected chi connectivity index (χ2v) is 6.66. The lowest BCUT2D eigenvalue weighted by atomic mass is 10.1. The van der Waals surface area contributed by atoms with Crippen molar-refractivity contribution in [1.82, 2.24) is 5.32 Å². The first-order chi connectivity index (χ1) is 11.9. The van der Waals surface area contributed by atoms with Crippen LogP contribution in [0.15, 0.2) is 42.5 Å². The fourth-order valence-corrected chi connectivity index (χ4v) is 3.04. The summed E-state index contributed by atoms with van der Waals surface area (Å²) >= 11 is 6.03. The molecule has 2 N–H and O–H groups in total. The van der Waals surface area contributed by atoms with Crippen LogP contribution in [0, 0.1) is 13.8 Å². The van der Waals surface area contributed by atoms with Gasteiger partial charge >= 0.3 is 6.03 Å². The topological polar surface area (TPSA) is 61.4 Å². The maximum atomic E-state index is 12.3. The summed E-state index contributed by atoms with van der Waals surface area (Å²) in [6, 6.07) is 12.4. The third-order valence-corrected chi connectivity index (χ3v) is 4.71. The minimum Gasteiger partial charge on any atom is -0.333 e. The molecule has 1 aliphatic rings. The number of para-hydroxylation sites is 1. The molecule has 0 spiro atoms. The van der Waals surface area contributed by atoms with Gasteiger partial charge in [0.25, 0.3) is 0 Å². The Morgan fingerprint density at radius 1 is 1.16 bits per heavy atom. The van der Waals surface area contributed by atoms with Gasteiger partial charge in [-0.15, -0.1) is 0 Å². The van der Waals surface area contributed by atoms with Crippen molar-refractivity contribution in [2.24, 2.45) is 0 Å². The normalized spacial score (nSPS) is 16.8. The fraction of sp³-hybridized carbons (Fsp3) is 0.263. The van der Waals surface area contributed by atoms with Gasteiger partial charge in [-0.1, -0.05) is 29.8 Å². The molecule has 1 heterocycles. The van der Waals surface area contributed by atoms with Gasteiger partial charge in [-0.3, -0.25) is 4.79 Å². The van der Waals surface area contributed by atoms with Crippen molar-refractivity contribution in [3.8, 4) is 0 Å². The largest absolute Gasteiger partial charge is 0.333 e. The molecule has 1 fully saturated rings. The molecular formula is C19H20ClN3O2. The molecule has 130 valence electrons. The SMILES string of the molecule is Cc1ccc(N2C[C@@H](NC(=O)Nc3ccccc3Cl)CC2=O)cc1C. The first kappa shape index (κ1) is 17.3. The zero-order valence-electron chi connectivity index (χ0n) is 14.2. The Kier molecular flexibility index (Phi) is 4.95. The van der Waals surface area contributed by atoms with Crippen LogP contribution in [0.2, 0.25) is 5.02 Å². The minimum absolute atomic E-state index is 0.00583. The number of anilines is 2. The van der Waals surface area contributed by atoms with Crippen molar-refractivity contribution >= 4 is 34.9 Å². The number of urea groups is 1. The van der Waals surface area contributed by atoms with Crippen LogP contribution in [0.4, 0.5) is 16.2 Å². The van der Waals surface area contributed by atoms with Gasteiger partial charge in [0, 0.05) is 18.7 Å². The number of hydrogen-bond acceptors (Lipinski definition) is 2. The molecule has 3 rings (SSSR count). The van der Waals surface area contributed by atoms with Gasteiger partial charge in [0.05, 0.1) is 16.8 Å². The number of nitrogens with one attached hydrogen (secondary N) is 2. The Labute approximate surface area is 152 Å².